The Morgan fingerprint density at radius 1 is 1.19 bits per heavy atom. The summed E-state index contributed by atoms with van der Waals surface area (Å²) in [7, 11) is 0. The van der Waals surface area contributed by atoms with E-state index in [9.17, 15) is 14.0 Å². The third-order valence-corrected chi connectivity index (χ3v) is 6.30. The summed E-state index contributed by atoms with van der Waals surface area (Å²) in [4.78, 5) is 34.9. The molecule has 1 aliphatic carbocycles. The molecule has 11 heteroatoms. The van der Waals surface area contributed by atoms with Crippen molar-refractivity contribution in [3.63, 3.8) is 0 Å². The largest absolute Gasteiger partial charge is 0.455 e. The number of fused-ring (bicyclic) bond motifs is 1. The molecule has 1 aromatic carbocycles. The van der Waals surface area contributed by atoms with Crippen LogP contribution in [0.25, 0.3) is 11.2 Å². The topological polar surface area (TPSA) is 127 Å². The van der Waals surface area contributed by atoms with Gasteiger partial charge in [-0.2, -0.15) is 5.10 Å². The second kappa shape index (κ2) is 9.64. The number of ether oxygens (including phenoxy) is 1. The smallest absolute Gasteiger partial charge is 0.324 e. The quantitative estimate of drug-likeness (QED) is 0.331. The van der Waals surface area contributed by atoms with Crippen molar-refractivity contribution in [2.75, 3.05) is 10.6 Å². The molecule has 4 aromatic rings. The van der Waals surface area contributed by atoms with Gasteiger partial charge in [0.25, 0.3) is 5.56 Å². The van der Waals surface area contributed by atoms with Crippen LogP contribution in [-0.4, -0.2) is 30.8 Å². The van der Waals surface area contributed by atoms with E-state index in [4.69, 9.17) is 9.84 Å². The molecule has 1 saturated carbocycles. The van der Waals surface area contributed by atoms with E-state index in [1.54, 1.807) is 6.07 Å². The van der Waals surface area contributed by atoms with Gasteiger partial charge >= 0.3 is 6.03 Å². The number of amides is 2. The van der Waals surface area contributed by atoms with Gasteiger partial charge in [0.15, 0.2) is 11.4 Å². The Morgan fingerprint density at radius 2 is 2.00 bits per heavy atom. The molecular weight excluding hydrogens is 477 g/mol. The number of anilines is 2. The number of benzene rings is 1. The van der Waals surface area contributed by atoms with Crippen molar-refractivity contribution >= 4 is 28.7 Å². The molecule has 1 fully saturated rings. The Hall–Kier alpha value is -4.28. The van der Waals surface area contributed by atoms with E-state index in [-0.39, 0.29) is 22.5 Å². The van der Waals surface area contributed by atoms with Gasteiger partial charge in [-0.3, -0.25) is 10.1 Å². The second-order valence-electron chi connectivity index (χ2n) is 10.2. The first kappa shape index (κ1) is 24.4. The number of nitrogens with zero attached hydrogens (tertiary/aromatic N) is 4. The maximum absolute atomic E-state index is 14.9. The van der Waals surface area contributed by atoms with Gasteiger partial charge in [0.1, 0.15) is 22.9 Å². The lowest BCUT2D eigenvalue weighted by atomic mass is 9.85. The Labute approximate surface area is 212 Å². The average Bonchev–Trinajstić information content (AvgIpc) is 3.21. The summed E-state index contributed by atoms with van der Waals surface area (Å²) in [5.74, 6) is 0.940. The van der Waals surface area contributed by atoms with E-state index in [1.165, 1.54) is 24.8 Å². The van der Waals surface area contributed by atoms with Crippen molar-refractivity contribution < 1.29 is 13.9 Å². The molecular formula is C26H28FN7O3. The molecule has 1 aliphatic rings. The van der Waals surface area contributed by atoms with Crippen LogP contribution in [0, 0.1) is 11.7 Å². The molecule has 192 valence electrons. The molecule has 0 radical (unpaired) electrons. The number of aromatic amines is 1. The summed E-state index contributed by atoms with van der Waals surface area (Å²) in [6, 6.07) is 6.95. The van der Waals surface area contributed by atoms with Gasteiger partial charge in [0.05, 0.1) is 17.6 Å². The minimum absolute atomic E-state index is 0.00649. The van der Waals surface area contributed by atoms with Gasteiger partial charge in [-0.1, -0.05) is 27.2 Å². The van der Waals surface area contributed by atoms with Crippen molar-refractivity contribution in [2.24, 2.45) is 5.92 Å². The van der Waals surface area contributed by atoms with Gasteiger partial charge in [-0.25, -0.2) is 23.8 Å². The van der Waals surface area contributed by atoms with Crippen molar-refractivity contribution in [1.29, 1.82) is 0 Å². The average molecular weight is 506 g/mol. The first-order chi connectivity index (χ1) is 17.7. The third kappa shape index (κ3) is 5.45. The zero-order valence-corrected chi connectivity index (χ0v) is 20.8. The first-order valence-corrected chi connectivity index (χ1v) is 12.1. The van der Waals surface area contributed by atoms with Crippen LogP contribution in [0.15, 0.2) is 47.5 Å². The fraction of sp³-hybridized carbons (Fsp3) is 0.346. The van der Waals surface area contributed by atoms with Crippen LogP contribution < -0.4 is 20.9 Å². The van der Waals surface area contributed by atoms with Crippen molar-refractivity contribution in [2.45, 2.75) is 52.0 Å². The van der Waals surface area contributed by atoms with E-state index < -0.39 is 17.4 Å². The summed E-state index contributed by atoms with van der Waals surface area (Å²) >= 11 is 0. The second-order valence-corrected chi connectivity index (χ2v) is 10.2. The normalized spacial score (nSPS) is 13.8. The fourth-order valence-corrected chi connectivity index (χ4v) is 4.01. The number of hydrogen-bond donors (Lipinski definition) is 3. The SMILES string of the molecule is CC(C)(C)c1cc(NC(=O)Nc2ccc(Oc3ccnc4[nH]c(=O)cnc34)cc2F)n(CC2CCC2)n1. The number of H-pyrrole nitrogens is 1. The lowest BCUT2D eigenvalue weighted by molar-refractivity contribution is 0.259. The van der Waals surface area contributed by atoms with Crippen molar-refractivity contribution in [3.8, 4) is 11.5 Å². The molecule has 10 nitrogen and oxygen atoms in total. The maximum atomic E-state index is 14.9. The molecule has 0 unspecified atom stereocenters. The lowest BCUT2D eigenvalue weighted by Crippen LogP contribution is -2.25. The van der Waals surface area contributed by atoms with Gasteiger partial charge in [0.2, 0.25) is 0 Å². The molecule has 3 heterocycles. The number of rotatable bonds is 6. The first-order valence-electron chi connectivity index (χ1n) is 12.1. The monoisotopic (exact) mass is 505 g/mol. The summed E-state index contributed by atoms with van der Waals surface area (Å²) in [6.07, 6.45) is 6.09. The van der Waals surface area contributed by atoms with E-state index in [0.717, 1.165) is 37.3 Å². The van der Waals surface area contributed by atoms with Crippen LogP contribution in [-0.2, 0) is 12.0 Å². The zero-order chi connectivity index (χ0) is 26.2. The van der Waals surface area contributed by atoms with Crippen molar-refractivity contribution in [1.82, 2.24) is 24.7 Å². The maximum Gasteiger partial charge on any atom is 0.324 e. The predicted octanol–water partition coefficient (Wildman–Crippen LogP) is 5.19. The van der Waals surface area contributed by atoms with Crippen LogP contribution in [0.4, 0.5) is 20.7 Å². The van der Waals surface area contributed by atoms with Gasteiger partial charge < -0.3 is 15.0 Å². The zero-order valence-electron chi connectivity index (χ0n) is 20.8. The van der Waals surface area contributed by atoms with Crippen LogP contribution in [0.5, 0.6) is 11.5 Å². The Balaban J connectivity index is 1.30. The van der Waals surface area contributed by atoms with Gasteiger partial charge in [-0.05, 0) is 30.9 Å². The van der Waals surface area contributed by atoms with E-state index in [1.807, 2.05) is 10.7 Å². The predicted molar refractivity (Wildman–Crippen MR) is 138 cm³/mol. The third-order valence-electron chi connectivity index (χ3n) is 6.30. The number of urea groups is 1. The summed E-state index contributed by atoms with van der Waals surface area (Å²) in [5.41, 5.74) is 0.886. The summed E-state index contributed by atoms with van der Waals surface area (Å²) in [5, 5.41) is 10.1. The number of pyridine rings is 1. The molecule has 0 aliphatic heterocycles. The molecule has 3 N–H and O–H groups in total. The van der Waals surface area contributed by atoms with E-state index in [0.29, 0.717) is 23.0 Å². The Morgan fingerprint density at radius 3 is 2.70 bits per heavy atom. The standard InChI is InChI=1S/C26H28FN7O3/c1-26(2,3)20-12-21(34(33-20)14-15-5-4-6-15)31-25(36)30-18-8-7-16(11-17(18)27)37-19-9-10-28-24-23(19)29-13-22(35)32-24/h7-13,15H,4-6,14H2,1-3H3,(H,28,32,35)(H2,30,31,36). The number of carbonyl (C=O) groups is 1. The molecule has 0 bridgehead atoms. The Kier molecular flexibility index (Phi) is 6.36. The highest BCUT2D eigenvalue weighted by Crippen LogP contribution is 2.31. The lowest BCUT2D eigenvalue weighted by Gasteiger charge is -2.26. The summed E-state index contributed by atoms with van der Waals surface area (Å²) < 4.78 is 22.5. The highest BCUT2D eigenvalue weighted by Gasteiger charge is 2.24. The molecule has 37 heavy (non-hydrogen) atoms. The summed E-state index contributed by atoms with van der Waals surface area (Å²) in [6.45, 7) is 6.93. The molecule has 0 saturated heterocycles. The number of nitrogens with one attached hydrogen (secondary N) is 3. The van der Waals surface area contributed by atoms with Crippen LogP contribution in [0.3, 0.4) is 0 Å². The molecule has 5 rings (SSSR count). The molecule has 2 amide bonds. The number of hydrogen-bond acceptors (Lipinski definition) is 6. The molecule has 0 atom stereocenters. The Bertz CT molecular complexity index is 1520. The number of aromatic nitrogens is 5. The highest BCUT2D eigenvalue weighted by molar-refractivity contribution is 5.99. The van der Waals surface area contributed by atoms with Crippen molar-refractivity contribution in [3.05, 3.63) is 64.6 Å². The van der Waals surface area contributed by atoms with Crippen LogP contribution in [0.2, 0.25) is 0 Å². The number of carbonyl (C=O) groups excluding carboxylic acids is 1. The molecule has 3 aromatic heterocycles. The highest BCUT2D eigenvalue weighted by atomic mass is 19.1. The fourth-order valence-electron chi connectivity index (χ4n) is 4.01. The minimum Gasteiger partial charge on any atom is -0.455 e. The van der Waals surface area contributed by atoms with Gasteiger partial charge in [-0.15, -0.1) is 0 Å². The number of halogens is 1. The molecule has 0 spiro atoms. The van der Waals surface area contributed by atoms with Crippen LogP contribution >= 0.6 is 0 Å². The van der Waals surface area contributed by atoms with Gasteiger partial charge in [0, 0.05) is 36.4 Å². The van der Waals surface area contributed by atoms with E-state index >= 15 is 0 Å². The van der Waals surface area contributed by atoms with E-state index in [2.05, 4.69) is 46.4 Å². The van der Waals surface area contributed by atoms with Crippen LogP contribution in [0.1, 0.15) is 45.7 Å². The minimum atomic E-state index is -0.675.